The Kier molecular flexibility index (Phi) is 6.27. The van der Waals surface area contributed by atoms with Crippen LogP contribution in [-0.4, -0.2) is 43.5 Å². The molecule has 2 aliphatic rings. The molecule has 5 rings (SSSR count). The summed E-state index contributed by atoms with van der Waals surface area (Å²) in [5, 5.41) is 3.42. The maximum absolute atomic E-state index is 13.6. The number of nitrogens with zero attached hydrogens (tertiary/aromatic N) is 2. The lowest BCUT2D eigenvalue weighted by Gasteiger charge is -2.38. The number of hydrogen-bond donors (Lipinski definition) is 1. The van der Waals surface area contributed by atoms with Gasteiger partial charge in [0.1, 0.15) is 12.0 Å². The molecule has 0 saturated carbocycles. The molecular weight excluding hydrogens is 449 g/mol. The number of likely N-dealkylation sites (tertiary alicyclic amines) is 1. The van der Waals surface area contributed by atoms with E-state index in [4.69, 9.17) is 9.47 Å². The monoisotopic (exact) mass is 475 g/mol. The van der Waals surface area contributed by atoms with Crippen molar-refractivity contribution in [3.05, 3.63) is 83.7 Å². The van der Waals surface area contributed by atoms with Crippen molar-refractivity contribution < 1.29 is 23.5 Å². The Morgan fingerprint density at radius 1 is 1.03 bits per heavy atom. The summed E-state index contributed by atoms with van der Waals surface area (Å²) >= 11 is 0. The highest BCUT2D eigenvalue weighted by molar-refractivity contribution is 6.12. The van der Waals surface area contributed by atoms with E-state index < -0.39 is 6.17 Å². The molecule has 0 aromatic heterocycles. The molecule has 2 heterocycles. The van der Waals surface area contributed by atoms with Gasteiger partial charge in [0, 0.05) is 24.5 Å². The lowest BCUT2D eigenvalue weighted by atomic mass is 10.0. The minimum absolute atomic E-state index is 0.0488. The van der Waals surface area contributed by atoms with E-state index in [1.54, 1.807) is 46.2 Å². The first-order valence-corrected chi connectivity index (χ1v) is 11.6. The molecule has 1 atom stereocenters. The molecule has 0 bridgehead atoms. The first-order chi connectivity index (χ1) is 17.0. The summed E-state index contributed by atoms with van der Waals surface area (Å²) in [4.78, 5) is 29.3. The Morgan fingerprint density at radius 3 is 2.51 bits per heavy atom. The highest BCUT2D eigenvalue weighted by Gasteiger charge is 2.34. The van der Waals surface area contributed by atoms with Gasteiger partial charge in [-0.05, 0) is 66.9 Å². The molecule has 2 amide bonds. The van der Waals surface area contributed by atoms with E-state index in [1.807, 2.05) is 18.2 Å². The van der Waals surface area contributed by atoms with Crippen LogP contribution in [0.2, 0.25) is 0 Å². The molecule has 1 N–H and O–H groups in total. The molecule has 0 radical (unpaired) electrons. The van der Waals surface area contributed by atoms with E-state index in [0.29, 0.717) is 28.4 Å². The Bertz CT molecular complexity index is 1240. The molecule has 3 aromatic carbocycles. The highest BCUT2D eigenvalue weighted by Crippen LogP contribution is 2.39. The summed E-state index contributed by atoms with van der Waals surface area (Å²) < 4.78 is 24.9. The number of anilines is 2. The molecule has 0 aliphatic carbocycles. The first-order valence-electron chi connectivity index (χ1n) is 11.6. The maximum atomic E-state index is 13.6. The van der Waals surface area contributed by atoms with E-state index in [2.05, 4.69) is 5.32 Å². The number of benzene rings is 3. The first kappa shape index (κ1) is 22.7. The predicted octanol–water partition coefficient (Wildman–Crippen LogP) is 4.61. The molecule has 0 spiro atoms. The largest absolute Gasteiger partial charge is 0.493 e. The van der Waals surface area contributed by atoms with Gasteiger partial charge >= 0.3 is 0 Å². The number of ether oxygens (including phenoxy) is 2. The average molecular weight is 476 g/mol. The summed E-state index contributed by atoms with van der Waals surface area (Å²) in [5.74, 6) is 0.261. The minimum Gasteiger partial charge on any atom is -0.493 e. The van der Waals surface area contributed by atoms with Gasteiger partial charge in [0.05, 0.1) is 12.7 Å². The minimum atomic E-state index is -0.572. The van der Waals surface area contributed by atoms with E-state index in [-0.39, 0.29) is 24.2 Å². The molecular formula is C27H26FN3O4. The standard InChI is InChI=1S/C27H26FN3O4/c1-34-24-16-18(8-13-23(24)35-17-25(32)30-14-4-5-15-30)26-29-22-7-3-2-6-21(22)27(33)31(26)20-11-9-19(28)10-12-20/h2-3,6-13,16,26,29H,4-5,14-15,17H2,1H3/t26-/m0/s1. The van der Waals surface area contributed by atoms with Gasteiger partial charge in [0.15, 0.2) is 18.1 Å². The number of rotatable bonds is 6. The SMILES string of the molecule is COc1cc([C@H]2Nc3ccccc3C(=O)N2c2ccc(F)cc2)ccc1OCC(=O)N1CCCC1. The summed E-state index contributed by atoms with van der Waals surface area (Å²) in [7, 11) is 1.53. The van der Waals surface area contributed by atoms with Crippen molar-refractivity contribution in [2.75, 3.05) is 37.0 Å². The zero-order valence-electron chi connectivity index (χ0n) is 19.4. The van der Waals surface area contributed by atoms with Crippen molar-refractivity contribution in [2.24, 2.45) is 0 Å². The molecule has 35 heavy (non-hydrogen) atoms. The summed E-state index contributed by atoms with van der Waals surface area (Å²) in [5.41, 5.74) is 2.53. The van der Waals surface area contributed by atoms with Crippen molar-refractivity contribution >= 4 is 23.2 Å². The average Bonchev–Trinajstić information content (AvgIpc) is 3.43. The Hall–Kier alpha value is -4.07. The molecule has 7 nitrogen and oxygen atoms in total. The second-order valence-electron chi connectivity index (χ2n) is 8.53. The van der Waals surface area contributed by atoms with E-state index in [0.717, 1.165) is 31.5 Å². The number of carbonyl (C=O) groups excluding carboxylic acids is 2. The highest BCUT2D eigenvalue weighted by atomic mass is 19.1. The fraction of sp³-hybridized carbons (Fsp3) is 0.259. The van der Waals surface area contributed by atoms with Crippen LogP contribution in [0, 0.1) is 5.82 Å². The van der Waals surface area contributed by atoms with Crippen molar-refractivity contribution in [3.63, 3.8) is 0 Å². The zero-order valence-corrected chi connectivity index (χ0v) is 19.4. The lowest BCUT2D eigenvalue weighted by Crippen LogP contribution is -2.43. The smallest absolute Gasteiger partial charge is 0.262 e. The molecule has 180 valence electrons. The molecule has 1 saturated heterocycles. The predicted molar refractivity (Wildman–Crippen MR) is 130 cm³/mol. The maximum Gasteiger partial charge on any atom is 0.262 e. The topological polar surface area (TPSA) is 71.1 Å². The lowest BCUT2D eigenvalue weighted by molar-refractivity contribution is -0.132. The van der Waals surface area contributed by atoms with Crippen LogP contribution in [0.4, 0.5) is 15.8 Å². The van der Waals surface area contributed by atoms with Gasteiger partial charge in [0.2, 0.25) is 0 Å². The van der Waals surface area contributed by atoms with Gasteiger partial charge < -0.3 is 19.7 Å². The van der Waals surface area contributed by atoms with E-state index >= 15 is 0 Å². The van der Waals surface area contributed by atoms with Crippen LogP contribution >= 0.6 is 0 Å². The molecule has 8 heteroatoms. The third-order valence-electron chi connectivity index (χ3n) is 6.34. The number of amides is 2. The third kappa shape index (κ3) is 4.51. The van der Waals surface area contributed by atoms with Crippen LogP contribution in [0.1, 0.15) is 34.9 Å². The summed E-state index contributed by atoms with van der Waals surface area (Å²) in [6, 6.07) is 18.4. The van der Waals surface area contributed by atoms with Crippen LogP contribution in [0.15, 0.2) is 66.7 Å². The fourth-order valence-electron chi connectivity index (χ4n) is 4.53. The van der Waals surface area contributed by atoms with Gasteiger partial charge in [-0.3, -0.25) is 14.5 Å². The summed E-state index contributed by atoms with van der Waals surface area (Å²) in [6.45, 7) is 1.46. The summed E-state index contributed by atoms with van der Waals surface area (Å²) in [6.07, 6.45) is 1.46. The fourth-order valence-corrected chi connectivity index (χ4v) is 4.53. The van der Waals surface area contributed by atoms with Gasteiger partial charge in [-0.2, -0.15) is 0 Å². The number of para-hydroxylation sites is 1. The van der Waals surface area contributed by atoms with Crippen LogP contribution in [0.25, 0.3) is 0 Å². The van der Waals surface area contributed by atoms with E-state index in [9.17, 15) is 14.0 Å². The van der Waals surface area contributed by atoms with Crippen molar-refractivity contribution in [1.29, 1.82) is 0 Å². The third-order valence-corrected chi connectivity index (χ3v) is 6.34. The van der Waals surface area contributed by atoms with Crippen LogP contribution in [0.5, 0.6) is 11.5 Å². The number of methoxy groups -OCH3 is 1. The Balaban J connectivity index is 1.45. The molecule has 2 aliphatic heterocycles. The Morgan fingerprint density at radius 2 is 1.77 bits per heavy atom. The second-order valence-corrected chi connectivity index (χ2v) is 8.53. The quantitative estimate of drug-likeness (QED) is 0.564. The number of halogens is 1. The Labute approximate surface area is 203 Å². The van der Waals surface area contributed by atoms with Crippen molar-refractivity contribution in [1.82, 2.24) is 4.90 Å². The number of hydrogen-bond acceptors (Lipinski definition) is 5. The van der Waals surface area contributed by atoms with Crippen LogP contribution < -0.4 is 19.7 Å². The second kappa shape index (κ2) is 9.66. The van der Waals surface area contributed by atoms with Gasteiger partial charge in [-0.15, -0.1) is 0 Å². The van der Waals surface area contributed by atoms with Gasteiger partial charge in [-0.1, -0.05) is 18.2 Å². The normalized spacial score (nSPS) is 17.1. The molecule has 1 fully saturated rings. The number of carbonyl (C=O) groups is 2. The van der Waals surface area contributed by atoms with Crippen LogP contribution in [0.3, 0.4) is 0 Å². The van der Waals surface area contributed by atoms with Crippen molar-refractivity contribution in [2.45, 2.75) is 19.0 Å². The van der Waals surface area contributed by atoms with Gasteiger partial charge in [0.25, 0.3) is 11.8 Å². The molecule has 3 aromatic rings. The van der Waals surface area contributed by atoms with Crippen molar-refractivity contribution in [3.8, 4) is 11.5 Å². The number of nitrogens with one attached hydrogen (secondary N) is 1. The van der Waals surface area contributed by atoms with Crippen LogP contribution in [-0.2, 0) is 4.79 Å². The molecule has 0 unspecified atom stereocenters. The number of fused-ring (bicyclic) bond motifs is 1. The zero-order chi connectivity index (χ0) is 24.4. The van der Waals surface area contributed by atoms with Gasteiger partial charge in [-0.25, -0.2) is 4.39 Å². The van der Waals surface area contributed by atoms with E-state index in [1.165, 1.54) is 19.2 Å².